The first-order valence-electron chi connectivity index (χ1n) is 8.10. The molecule has 0 spiro atoms. The van der Waals surface area contributed by atoms with Gasteiger partial charge in [0.05, 0.1) is 17.7 Å². The van der Waals surface area contributed by atoms with Crippen LogP contribution in [0.5, 0.6) is 11.5 Å². The van der Waals surface area contributed by atoms with E-state index in [4.69, 9.17) is 9.47 Å². The van der Waals surface area contributed by atoms with E-state index in [1.807, 2.05) is 29.0 Å². The van der Waals surface area contributed by atoms with E-state index in [1.165, 1.54) is 17.4 Å². The Morgan fingerprint density at radius 1 is 1.30 bits per heavy atom. The Kier molecular flexibility index (Phi) is 6.40. The van der Waals surface area contributed by atoms with Crippen LogP contribution in [-0.4, -0.2) is 24.6 Å². The van der Waals surface area contributed by atoms with E-state index in [-0.39, 0.29) is 5.91 Å². The second-order valence-corrected chi connectivity index (χ2v) is 7.15. The van der Waals surface area contributed by atoms with Crippen LogP contribution in [0.1, 0.15) is 5.56 Å². The Bertz CT molecular complexity index is 946. The number of rotatable bonds is 8. The zero-order chi connectivity index (χ0) is 19.1. The molecular weight excluding hydrogens is 380 g/mol. The topological polar surface area (TPSA) is 60.5 Å². The van der Waals surface area contributed by atoms with E-state index in [9.17, 15) is 4.79 Å². The number of hydrogen-bond donors (Lipinski definition) is 1. The fourth-order valence-corrected chi connectivity index (χ4v) is 3.72. The number of benzene rings is 1. The molecule has 5 nitrogen and oxygen atoms in total. The van der Waals surface area contributed by atoms with Crippen molar-refractivity contribution in [2.24, 2.45) is 0 Å². The highest BCUT2D eigenvalue weighted by Crippen LogP contribution is 2.29. The Morgan fingerprint density at radius 2 is 2.19 bits per heavy atom. The number of amides is 1. The van der Waals surface area contributed by atoms with Gasteiger partial charge in [0.2, 0.25) is 5.91 Å². The molecule has 0 saturated heterocycles. The first-order chi connectivity index (χ1) is 13.2. The molecule has 7 heteroatoms. The lowest BCUT2D eigenvalue weighted by atomic mass is 10.2. The molecule has 0 radical (unpaired) electrons. The molecule has 0 aliphatic heterocycles. The van der Waals surface area contributed by atoms with Crippen LogP contribution in [0, 0.1) is 0 Å². The molecule has 0 aliphatic carbocycles. The molecule has 0 atom stereocenters. The number of thiazole rings is 1. The molecule has 0 aliphatic rings. The minimum absolute atomic E-state index is 0.243. The number of ether oxygens (including phenoxy) is 2. The van der Waals surface area contributed by atoms with E-state index in [2.05, 4.69) is 16.9 Å². The van der Waals surface area contributed by atoms with Gasteiger partial charge in [-0.25, -0.2) is 4.98 Å². The van der Waals surface area contributed by atoms with Gasteiger partial charge in [-0.15, -0.1) is 22.7 Å². The number of hydrogen-bond acceptors (Lipinski definition) is 6. The fourth-order valence-electron chi connectivity index (χ4n) is 2.24. The summed E-state index contributed by atoms with van der Waals surface area (Å²) in [4.78, 5) is 17.7. The first kappa shape index (κ1) is 18.9. The predicted octanol–water partition coefficient (Wildman–Crippen LogP) is 5.10. The first-order valence-corrected chi connectivity index (χ1v) is 9.85. The van der Waals surface area contributed by atoms with Crippen LogP contribution in [-0.2, 0) is 4.79 Å². The van der Waals surface area contributed by atoms with Gasteiger partial charge in [0, 0.05) is 11.5 Å². The summed E-state index contributed by atoms with van der Waals surface area (Å²) in [7, 11) is 1.57. The summed E-state index contributed by atoms with van der Waals surface area (Å²) in [5, 5.41) is 7.28. The van der Waals surface area contributed by atoms with Crippen LogP contribution in [0.2, 0.25) is 0 Å². The number of carbonyl (C=O) groups excluding carboxylic acids is 1. The van der Waals surface area contributed by atoms with Crippen LogP contribution >= 0.6 is 22.7 Å². The Labute approximate surface area is 165 Å². The molecule has 1 amide bonds. The van der Waals surface area contributed by atoms with Crippen molar-refractivity contribution in [3.05, 3.63) is 65.4 Å². The van der Waals surface area contributed by atoms with Crippen LogP contribution in [0.25, 0.3) is 16.6 Å². The zero-order valence-electron chi connectivity index (χ0n) is 14.7. The van der Waals surface area contributed by atoms with Crippen molar-refractivity contribution in [1.29, 1.82) is 0 Å². The van der Waals surface area contributed by atoms with Crippen LogP contribution in [0.3, 0.4) is 0 Å². The van der Waals surface area contributed by atoms with E-state index in [0.717, 1.165) is 16.1 Å². The average Bonchev–Trinajstić information content (AvgIpc) is 3.36. The van der Waals surface area contributed by atoms with Crippen molar-refractivity contribution in [1.82, 2.24) is 4.98 Å². The summed E-state index contributed by atoms with van der Waals surface area (Å²) in [5.74, 6) is 0.982. The molecule has 1 aromatic carbocycles. The van der Waals surface area contributed by atoms with Crippen molar-refractivity contribution in [3.63, 3.8) is 0 Å². The molecule has 3 aromatic rings. The third-order valence-electron chi connectivity index (χ3n) is 3.48. The largest absolute Gasteiger partial charge is 0.493 e. The van der Waals surface area contributed by atoms with Gasteiger partial charge in [-0.3, -0.25) is 10.1 Å². The fraction of sp³-hybridized carbons (Fsp3) is 0.100. The number of carbonyl (C=O) groups is 1. The number of aromatic nitrogens is 1. The van der Waals surface area contributed by atoms with Gasteiger partial charge in [-0.2, -0.15) is 0 Å². The van der Waals surface area contributed by atoms with Gasteiger partial charge in [-0.1, -0.05) is 24.8 Å². The summed E-state index contributed by atoms with van der Waals surface area (Å²) in [5.41, 5.74) is 1.69. The lowest BCUT2D eigenvalue weighted by molar-refractivity contribution is -0.111. The van der Waals surface area contributed by atoms with Gasteiger partial charge in [0.1, 0.15) is 6.61 Å². The molecule has 138 valence electrons. The number of methoxy groups -OCH3 is 1. The van der Waals surface area contributed by atoms with Crippen LogP contribution < -0.4 is 14.8 Å². The summed E-state index contributed by atoms with van der Waals surface area (Å²) < 4.78 is 10.8. The highest BCUT2D eigenvalue weighted by Gasteiger charge is 2.08. The quantitative estimate of drug-likeness (QED) is 0.424. The normalized spacial score (nSPS) is 10.7. The minimum atomic E-state index is -0.243. The monoisotopic (exact) mass is 398 g/mol. The third kappa shape index (κ3) is 5.06. The van der Waals surface area contributed by atoms with E-state index in [1.54, 1.807) is 42.7 Å². The molecule has 1 N–H and O–H groups in total. The molecule has 2 aromatic heterocycles. The highest BCUT2D eigenvalue weighted by atomic mass is 32.1. The predicted molar refractivity (Wildman–Crippen MR) is 112 cm³/mol. The van der Waals surface area contributed by atoms with Crippen molar-refractivity contribution >= 4 is 39.8 Å². The van der Waals surface area contributed by atoms with E-state index < -0.39 is 0 Å². The maximum atomic E-state index is 12.1. The molecule has 0 saturated carbocycles. The maximum Gasteiger partial charge on any atom is 0.250 e. The van der Waals surface area contributed by atoms with Gasteiger partial charge >= 0.3 is 0 Å². The van der Waals surface area contributed by atoms with Crippen molar-refractivity contribution in [3.8, 4) is 22.1 Å². The third-order valence-corrected chi connectivity index (χ3v) is 5.13. The number of anilines is 1. The second-order valence-electron chi connectivity index (χ2n) is 5.35. The standard InChI is InChI=1S/C20H18N2O3S2/c1-3-10-25-16-8-6-14(12-17(16)24-2)7-9-19(23)22-20-21-15(13-27-20)18-5-4-11-26-18/h3-9,11-13H,1,10H2,2H3,(H,21,22,23)/b9-7+. The number of nitrogens with one attached hydrogen (secondary N) is 1. The number of nitrogens with zero attached hydrogens (tertiary/aromatic N) is 1. The Morgan fingerprint density at radius 3 is 2.93 bits per heavy atom. The highest BCUT2D eigenvalue weighted by molar-refractivity contribution is 7.16. The Balaban J connectivity index is 1.63. The van der Waals surface area contributed by atoms with Gasteiger partial charge in [0.15, 0.2) is 16.6 Å². The molecule has 0 bridgehead atoms. The van der Waals surface area contributed by atoms with Crippen molar-refractivity contribution in [2.45, 2.75) is 0 Å². The molecule has 0 unspecified atom stereocenters. The maximum absolute atomic E-state index is 12.1. The molecule has 3 rings (SSSR count). The smallest absolute Gasteiger partial charge is 0.250 e. The van der Waals surface area contributed by atoms with Crippen molar-refractivity contribution in [2.75, 3.05) is 19.0 Å². The number of thiophene rings is 1. The minimum Gasteiger partial charge on any atom is -0.493 e. The lowest BCUT2D eigenvalue weighted by Crippen LogP contribution is -2.07. The molecule has 0 fully saturated rings. The van der Waals surface area contributed by atoms with Gasteiger partial charge < -0.3 is 9.47 Å². The summed E-state index contributed by atoms with van der Waals surface area (Å²) in [6.07, 6.45) is 4.84. The second kappa shape index (κ2) is 9.16. The Hall–Kier alpha value is -2.90. The lowest BCUT2D eigenvalue weighted by Gasteiger charge is -2.09. The average molecular weight is 399 g/mol. The van der Waals surface area contributed by atoms with Crippen LogP contribution in [0.4, 0.5) is 5.13 Å². The molecule has 2 heterocycles. The zero-order valence-corrected chi connectivity index (χ0v) is 16.3. The molecular formula is C20H18N2O3S2. The van der Waals surface area contributed by atoms with E-state index in [0.29, 0.717) is 23.2 Å². The van der Waals surface area contributed by atoms with Crippen LogP contribution in [0.15, 0.2) is 59.8 Å². The summed E-state index contributed by atoms with van der Waals surface area (Å²) in [6.45, 7) is 4.02. The molecule has 27 heavy (non-hydrogen) atoms. The van der Waals surface area contributed by atoms with Crippen molar-refractivity contribution < 1.29 is 14.3 Å². The van der Waals surface area contributed by atoms with Gasteiger partial charge in [-0.05, 0) is 35.2 Å². The summed E-state index contributed by atoms with van der Waals surface area (Å²) >= 11 is 3.01. The van der Waals surface area contributed by atoms with Gasteiger partial charge in [0.25, 0.3) is 0 Å². The SMILES string of the molecule is C=CCOc1ccc(/C=C/C(=O)Nc2nc(-c3cccs3)cs2)cc1OC. The summed E-state index contributed by atoms with van der Waals surface area (Å²) in [6, 6.07) is 9.43. The van der Waals surface area contributed by atoms with E-state index >= 15 is 0 Å².